The Bertz CT molecular complexity index is 316. The van der Waals surface area contributed by atoms with E-state index in [-0.39, 0.29) is 6.61 Å². The first-order chi connectivity index (χ1) is 12.1. The highest BCUT2D eigenvalue weighted by atomic mass is 16.6. The lowest BCUT2D eigenvalue weighted by atomic mass is 9.98. The molecule has 0 radical (unpaired) electrons. The summed E-state index contributed by atoms with van der Waals surface area (Å²) in [5.41, 5.74) is 0. The largest absolute Gasteiger partial charge is 0.394 e. The fourth-order valence-electron chi connectivity index (χ4n) is 3.30. The van der Waals surface area contributed by atoms with Crippen LogP contribution in [0.2, 0.25) is 0 Å². The summed E-state index contributed by atoms with van der Waals surface area (Å²) in [6.45, 7) is 2.54. The van der Waals surface area contributed by atoms with Crippen molar-refractivity contribution in [3.63, 3.8) is 0 Å². The third kappa shape index (κ3) is 8.80. The highest BCUT2D eigenvalue weighted by molar-refractivity contribution is 4.90. The molecule has 0 saturated carbocycles. The number of nitrogens with one attached hydrogen (secondary N) is 1. The molecule has 6 nitrogen and oxygen atoms in total. The molecule has 0 bridgehead atoms. The minimum absolute atomic E-state index is 0.387. The first-order valence-corrected chi connectivity index (χ1v) is 10.2. The Morgan fingerprint density at radius 2 is 1.24 bits per heavy atom. The van der Waals surface area contributed by atoms with Crippen molar-refractivity contribution in [1.29, 1.82) is 0 Å². The van der Waals surface area contributed by atoms with Crippen LogP contribution in [0.25, 0.3) is 0 Å². The maximum absolute atomic E-state index is 9.92. The van der Waals surface area contributed by atoms with Crippen LogP contribution in [0.4, 0.5) is 0 Å². The molecule has 0 amide bonds. The Kier molecular flexibility index (Phi) is 12.7. The fraction of sp³-hybridized carbons (Fsp3) is 1.00. The van der Waals surface area contributed by atoms with E-state index in [1.54, 1.807) is 0 Å². The first kappa shape index (κ1) is 22.8. The van der Waals surface area contributed by atoms with Crippen LogP contribution < -0.4 is 5.32 Å². The molecule has 5 N–H and O–H groups in total. The number of unbranched alkanes of at least 4 members (excludes halogenated alkanes) is 10. The SMILES string of the molecule is CCCCCCCCCCCCCNC1O[C@H](CO)[C@@H](O)[C@H](O)[C@H]1O. The monoisotopic (exact) mass is 361 g/mol. The molecule has 150 valence electrons. The van der Waals surface area contributed by atoms with E-state index in [1.807, 2.05) is 0 Å². The second-order valence-electron chi connectivity index (χ2n) is 7.24. The van der Waals surface area contributed by atoms with Gasteiger partial charge in [0.1, 0.15) is 30.6 Å². The molecule has 0 aliphatic carbocycles. The van der Waals surface area contributed by atoms with E-state index in [4.69, 9.17) is 9.84 Å². The second-order valence-corrected chi connectivity index (χ2v) is 7.24. The summed E-state index contributed by atoms with van der Waals surface area (Å²) in [5, 5.41) is 41.6. The third-order valence-corrected chi connectivity index (χ3v) is 5.02. The van der Waals surface area contributed by atoms with Gasteiger partial charge in [-0.25, -0.2) is 0 Å². The van der Waals surface area contributed by atoms with Crippen LogP contribution in [0.15, 0.2) is 0 Å². The highest BCUT2D eigenvalue weighted by Gasteiger charge is 2.42. The number of hydrogen-bond donors (Lipinski definition) is 5. The van der Waals surface area contributed by atoms with E-state index in [2.05, 4.69) is 12.2 Å². The number of aliphatic hydroxyl groups is 4. The van der Waals surface area contributed by atoms with Crippen molar-refractivity contribution in [2.24, 2.45) is 0 Å². The molecule has 25 heavy (non-hydrogen) atoms. The zero-order chi connectivity index (χ0) is 18.5. The fourth-order valence-corrected chi connectivity index (χ4v) is 3.30. The molecule has 1 unspecified atom stereocenters. The lowest BCUT2D eigenvalue weighted by molar-refractivity contribution is -0.236. The summed E-state index contributed by atoms with van der Waals surface area (Å²) in [7, 11) is 0. The van der Waals surface area contributed by atoms with E-state index in [0.29, 0.717) is 6.54 Å². The molecule has 1 rings (SSSR count). The predicted molar refractivity (Wildman–Crippen MR) is 98.2 cm³/mol. The van der Waals surface area contributed by atoms with Crippen LogP contribution in [0.3, 0.4) is 0 Å². The van der Waals surface area contributed by atoms with Gasteiger partial charge in [-0.05, 0) is 13.0 Å². The molecule has 6 heteroatoms. The quantitative estimate of drug-likeness (QED) is 0.302. The van der Waals surface area contributed by atoms with Crippen LogP contribution in [0, 0.1) is 0 Å². The van der Waals surface area contributed by atoms with Crippen molar-refractivity contribution >= 4 is 0 Å². The van der Waals surface area contributed by atoms with Crippen LogP contribution in [0.1, 0.15) is 77.6 Å². The van der Waals surface area contributed by atoms with E-state index in [0.717, 1.165) is 12.8 Å². The summed E-state index contributed by atoms with van der Waals surface area (Å²) in [6, 6.07) is 0. The summed E-state index contributed by atoms with van der Waals surface area (Å²) < 4.78 is 5.41. The molecular weight excluding hydrogens is 322 g/mol. The summed E-state index contributed by atoms with van der Waals surface area (Å²) >= 11 is 0. The smallest absolute Gasteiger partial charge is 0.137 e. The van der Waals surface area contributed by atoms with E-state index < -0.39 is 30.6 Å². The Hall–Kier alpha value is -0.240. The molecule has 0 aromatic heterocycles. The predicted octanol–water partition coefficient (Wildman–Crippen LogP) is 1.69. The number of aliphatic hydroxyl groups excluding tert-OH is 4. The first-order valence-electron chi connectivity index (χ1n) is 10.2. The zero-order valence-corrected chi connectivity index (χ0v) is 15.8. The zero-order valence-electron chi connectivity index (χ0n) is 15.8. The second kappa shape index (κ2) is 13.9. The molecule has 0 spiro atoms. The van der Waals surface area contributed by atoms with Gasteiger partial charge in [0.25, 0.3) is 0 Å². The highest BCUT2D eigenvalue weighted by Crippen LogP contribution is 2.19. The Labute approximate surface area is 152 Å². The van der Waals surface area contributed by atoms with E-state index in [9.17, 15) is 15.3 Å². The molecule has 1 aliphatic heterocycles. The van der Waals surface area contributed by atoms with E-state index >= 15 is 0 Å². The van der Waals surface area contributed by atoms with Crippen molar-refractivity contribution in [3.05, 3.63) is 0 Å². The van der Waals surface area contributed by atoms with Gasteiger partial charge in [0.15, 0.2) is 0 Å². The van der Waals surface area contributed by atoms with Gasteiger partial charge in [0, 0.05) is 0 Å². The average Bonchev–Trinajstić information content (AvgIpc) is 2.62. The number of hydrogen-bond acceptors (Lipinski definition) is 6. The lowest BCUT2D eigenvalue weighted by Gasteiger charge is -2.40. The molecule has 1 saturated heterocycles. The van der Waals surface area contributed by atoms with Crippen LogP contribution in [-0.2, 0) is 4.74 Å². The summed E-state index contributed by atoms with van der Waals surface area (Å²) in [6.07, 6.45) is 8.64. The summed E-state index contributed by atoms with van der Waals surface area (Å²) in [5.74, 6) is 0. The van der Waals surface area contributed by atoms with Gasteiger partial charge in [0.2, 0.25) is 0 Å². The maximum atomic E-state index is 9.92. The van der Waals surface area contributed by atoms with Gasteiger partial charge in [-0.2, -0.15) is 0 Å². The van der Waals surface area contributed by atoms with Crippen LogP contribution in [-0.4, -0.2) is 64.2 Å². The Morgan fingerprint density at radius 3 is 1.76 bits per heavy atom. The van der Waals surface area contributed by atoms with Crippen LogP contribution >= 0.6 is 0 Å². The van der Waals surface area contributed by atoms with Crippen molar-refractivity contribution < 1.29 is 25.2 Å². The average molecular weight is 362 g/mol. The van der Waals surface area contributed by atoms with Gasteiger partial charge in [-0.15, -0.1) is 0 Å². The Morgan fingerprint density at radius 1 is 0.720 bits per heavy atom. The molecule has 0 aromatic carbocycles. The van der Waals surface area contributed by atoms with Gasteiger partial charge in [-0.3, -0.25) is 5.32 Å². The molecule has 1 fully saturated rings. The van der Waals surface area contributed by atoms with Gasteiger partial charge >= 0.3 is 0 Å². The Balaban J connectivity index is 1.99. The van der Waals surface area contributed by atoms with Crippen molar-refractivity contribution in [3.8, 4) is 0 Å². The molecule has 1 heterocycles. The van der Waals surface area contributed by atoms with Gasteiger partial charge < -0.3 is 25.2 Å². The minimum Gasteiger partial charge on any atom is -0.394 e. The lowest BCUT2D eigenvalue weighted by Crippen LogP contribution is -2.62. The normalized spacial score (nSPS) is 29.9. The molecule has 5 atom stereocenters. The van der Waals surface area contributed by atoms with E-state index in [1.165, 1.54) is 57.8 Å². The standard InChI is InChI=1S/C19H39NO5/c1-2-3-4-5-6-7-8-9-10-11-12-13-20-19-18(24)17(23)16(22)15(14-21)25-19/h15-24H,2-14H2,1H3/t15-,16-,17+,18-,19?/m1/s1. The minimum atomic E-state index is -1.30. The number of rotatable bonds is 14. The van der Waals surface area contributed by atoms with Crippen molar-refractivity contribution in [2.75, 3.05) is 13.2 Å². The maximum Gasteiger partial charge on any atom is 0.137 e. The number of ether oxygens (including phenoxy) is 1. The van der Waals surface area contributed by atoms with Gasteiger partial charge in [0.05, 0.1) is 6.61 Å². The van der Waals surface area contributed by atoms with Crippen LogP contribution in [0.5, 0.6) is 0 Å². The molecule has 0 aromatic rings. The topological polar surface area (TPSA) is 102 Å². The molecule has 1 aliphatic rings. The van der Waals surface area contributed by atoms with Crippen molar-refractivity contribution in [1.82, 2.24) is 5.32 Å². The van der Waals surface area contributed by atoms with Gasteiger partial charge in [-0.1, -0.05) is 71.1 Å². The van der Waals surface area contributed by atoms with Crippen molar-refractivity contribution in [2.45, 2.75) is 108 Å². The summed E-state index contributed by atoms with van der Waals surface area (Å²) in [4.78, 5) is 0. The third-order valence-electron chi connectivity index (χ3n) is 5.02. The molecular formula is C19H39NO5.